The van der Waals surface area contributed by atoms with E-state index in [4.69, 9.17) is 9.97 Å². The van der Waals surface area contributed by atoms with Crippen molar-refractivity contribution in [2.24, 2.45) is 0 Å². The topological polar surface area (TPSA) is 38.7 Å². The van der Waals surface area contributed by atoms with Crippen LogP contribution in [0, 0.1) is 0 Å². The van der Waals surface area contributed by atoms with Crippen LogP contribution < -0.4 is 0 Å². The van der Waals surface area contributed by atoms with Gasteiger partial charge in [-0.3, -0.25) is 9.97 Å². The van der Waals surface area contributed by atoms with E-state index in [1.807, 2.05) is 30.6 Å². The number of pyridine rings is 3. The summed E-state index contributed by atoms with van der Waals surface area (Å²) in [6, 6.07) is 53.0. The Balaban J connectivity index is 1.24. The molecule has 3 heteroatoms. The van der Waals surface area contributed by atoms with Crippen molar-refractivity contribution in [3.63, 3.8) is 0 Å². The van der Waals surface area contributed by atoms with E-state index in [1.165, 1.54) is 22.3 Å². The molecule has 0 spiro atoms. The first-order valence-electron chi connectivity index (χ1n) is 14.8. The maximum absolute atomic E-state index is 5.18. The van der Waals surface area contributed by atoms with Gasteiger partial charge in [0.1, 0.15) is 0 Å². The highest BCUT2D eigenvalue weighted by molar-refractivity contribution is 6.03. The highest BCUT2D eigenvalue weighted by atomic mass is 14.7. The van der Waals surface area contributed by atoms with Crippen molar-refractivity contribution in [2.45, 2.75) is 0 Å². The molecule has 0 atom stereocenters. The second-order valence-corrected chi connectivity index (χ2v) is 10.9. The van der Waals surface area contributed by atoms with Crippen molar-refractivity contribution < 1.29 is 0 Å². The SMILES string of the molecule is c1ccc(-c2ccc(-c3cc(-c4cnc5c(ccc6cccnc65)c4)cc(-c4ccc(-c5ccccc5)cc4)n3)cc2)cc1. The zero-order valence-corrected chi connectivity index (χ0v) is 23.9. The van der Waals surface area contributed by atoms with Crippen LogP contribution in [0.15, 0.2) is 164 Å². The number of hydrogen-bond donors (Lipinski definition) is 0. The Morgan fingerprint density at radius 1 is 0.318 bits per heavy atom. The van der Waals surface area contributed by atoms with E-state index in [0.717, 1.165) is 55.4 Å². The Morgan fingerprint density at radius 3 is 1.41 bits per heavy atom. The molecular weight excluding hydrogens is 534 g/mol. The molecule has 0 saturated heterocycles. The molecule has 0 unspecified atom stereocenters. The molecule has 0 amide bonds. The Labute approximate surface area is 256 Å². The summed E-state index contributed by atoms with van der Waals surface area (Å²) < 4.78 is 0. The van der Waals surface area contributed by atoms with Gasteiger partial charge < -0.3 is 0 Å². The van der Waals surface area contributed by atoms with Crippen LogP contribution >= 0.6 is 0 Å². The van der Waals surface area contributed by atoms with Crippen LogP contribution in [0.25, 0.3) is 77.7 Å². The summed E-state index contributed by atoms with van der Waals surface area (Å²) in [4.78, 5) is 14.7. The highest BCUT2D eigenvalue weighted by Gasteiger charge is 2.12. The molecule has 206 valence electrons. The molecule has 0 N–H and O–H groups in total. The first kappa shape index (κ1) is 25.8. The molecule has 0 radical (unpaired) electrons. The minimum atomic E-state index is 0.911. The van der Waals surface area contributed by atoms with E-state index in [1.54, 1.807) is 0 Å². The van der Waals surface area contributed by atoms with E-state index in [-0.39, 0.29) is 0 Å². The quantitative estimate of drug-likeness (QED) is 0.196. The lowest BCUT2D eigenvalue weighted by molar-refractivity contribution is 1.32. The van der Waals surface area contributed by atoms with Gasteiger partial charge in [0.15, 0.2) is 0 Å². The molecule has 0 bridgehead atoms. The predicted molar refractivity (Wildman–Crippen MR) is 182 cm³/mol. The molecular formula is C41H27N3. The fourth-order valence-electron chi connectivity index (χ4n) is 5.82. The lowest BCUT2D eigenvalue weighted by Gasteiger charge is -2.12. The molecule has 0 saturated carbocycles. The van der Waals surface area contributed by atoms with E-state index in [9.17, 15) is 0 Å². The fourth-order valence-corrected chi connectivity index (χ4v) is 5.82. The monoisotopic (exact) mass is 561 g/mol. The number of nitrogens with zero attached hydrogens (tertiary/aromatic N) is 3. The Kier molecular flexibility index (Phi) is 6.47. The molecule has 0 aliphatic heterocycles. The Morgan fingerprint density at radius 2 is 0.818 bits per heavy atom. The number of hydrogen-bond acceptors (Lipinski definition) is 3. The van der Waals surface area contributed by atoms with Crippen molar-refractivity contribution in [2.75, 3.05) is 0 Å². The molecule has 0 fully saturated rings. The van der Waals surface area contributed by atoms with Gasteiger partial charge >= 0.3 is 0 Å². The lowest BCUT2D eigenvalue weighted by atomic mass is 9.97. The minimum Gasteiger partial charge on any atom is -0.254 e. The van der Waals surface area contributed by atoms with Gasteiger partial charge in [0.05, 0.1) is 22.4 Å². The molecule has 8 rings (SSSR count). The van der Waals surface area contributed by atoms with Gasteiger partial charge in [-0.05, 0) is 52.1 Å². The first-order valence-corrected chi connectivity index (χ1v) is 14.8. The smallest absolute Gasteiger partial charge is 0.0964 e. The van der Waals surface area contributed by atoms with Crippen molar-refractivity contribution in [3.05, 3.63) is 164 Å². The standard InChI is InChI=1S/C41H27N3/c1-3-8-28(9-4-1)30-13-17-32(18-14-30)38-25-36(37-24-35-22-21-34-12-7-23-42-40(34)41(35)43-27-37)26-39(44-38)33-19-15-31(16-20-33)29-10-5-2-6-11-29/h1-27H. The summed E-state index contributed by atoms with van der Waals surface area (Å²) in [6.45, 7) is 0. The van der Waals surface area contributed by atoms with Crippen molar-refractivity contribution in [1.29, 1.82) is 0 Å². The van der Waals surface area contributed by atoms with E-state index in [0.29, 0.717) is 0 Å². The van der Waals surface area contributed by atoms with Gasteiger partial charge in [0.25, 0.3) is 0 Å². The number of benzene rings is 5. The van der Waals surface area contributed by atoms with E-state index in [2.05, 4.69) is 138 Å². The summed E-state index contributed by atoms with van der Waals surface area (Å²) >= 11 is 0. The van der Waals surface area contributed by atoms with Gasteiger partial charge in [-0.1, -0.05) is 127 Å². The molecule has 3 heterocycles. The second kappa shape index (κ2) is 11.0. The highest BCUT2D eigenvalue weighted by Crippen LogP contribution is 2.34. The second-order valence-electron chi connectivity index (χ2n) is 10.9. The summed E-state index contributed by atoms with van der Waals surface area (Å²) in [7, 11) is 0. The van der Waals surface area contributed by atoms with Crippen LogP contribution in [0.1, 0.15) is 0 Å². The van der Waals surface area contributed by atoms with Crippen molar-refractivity contribution in [3.8, 4) is 55.9 Å². The molecule has 44 heavy (non-hydrogen) atoms. The average molecular weight is 562 g/mol. The molecule has 3 nitrogen and oxygen atoms in total. The fraction of sp³-hybridized carbons (Fsp3) is 0. The maximum Gasteiger partial charge on any atom is 0.0964 e. The Bertz CT molecular complexity index is 2140. The molecule has 3 aromatic heterocycles. The van der Waals surface area contributed by atoms with Crippen molar-refractivity contribution >= 4 is 21.8 Å². The van der Waals surface area contributed by atoms with Crippen LogP contribution in [0.5, 0.6) is 0 Å². The van der Waals surface area contributed by atoms with Gasteiger partial charge in [0, 0.05) is 39.9 Å². The van der Waals surface area contributed by atoms with Crippen LogP contribution in [-0.4, -0.2) is 15.0 Å². The Hall–Kier alpha value is -5.93. The summed E-state index contributed by atoms with van der Waals surface area (Å²) in [5.74, 6) is 0. The average Bonchev–Trinajstić information content (AvgIpc) is 3.12. The summed E-state index contributed by atoms with van der Waals surface area (Å²) in [5.41, 5.74) is 12.7. The molecule has 0 aliphatic rings. The zero-order chi connectivity index (χ0) is 29.3. The first-order chi connectivity index (χ1) is 21.8. The number of aromatic nitrogens is 3. The predicted octanol–water partition coefficient (Wildman–Crippen LogP) is 10.5. The third-order valence-electron chi connectivity index (χ3n) is 8.16. The van der Waals surface area contributed by atoms with Gasteiger partial charge in [-0.2, -0.15) is 0 Å². The van der Waals surface area contributed by atoms with Crippen molar-refractivity contribution in [1.82, 2.24) is 15.0 Å². The van der Waals surface area contributed by atoms with Crippen LogP contribution in [0.2, 0.25) is 0 Å². The van der Waals surface area contributed by atoms with Crippen LogP contribution in [-0.2, 0) is 0 Å². The zero-order valence-electron chi connectivity index (χ0n) is 23.9. The largest absolute Gasteiger partial charge is 0.254 e. The minimum absolute atomic E-state index is 0.911. The summed E-state index contributed by atoms with van der Waals surface area (Å²) in [5, 5.41) is 2.15. The van der Waals surface area contributed by atoms with Gasteiger partial charge in [-0.15, -0.1) is 0 Å². The van der Waals surface area contributed by atoms with Crippen LogP contribution in [0.3, 0.4) is 0 Å². The van der Waals surface area contributed by atoms with Crippen LogP contribution in [0.4, 0.5) is 0 Å². The van der Waals surface area contributed by atoms with E-state index < -0.39 is 0 Å². The van der Waals surface area contributed by atoms with Gasteiger partial charge in [-0.25, -0.2) is 4.98 Å². The maximum atomic E-state index is 5.18. The van der Waals surface area contributed by atoms with Gasteiger partial charge in [0.2, 0.25) is 0 Å². The number of rotatable bonds is 5. The molecule has 8 aromatic rings. The third kappa shape index (κ3) is 4.91. The van der Waals surface area contributed by atoms with E-state index >= 15 is 0 Å². The lowest BCUT2D eigenvalue weighted by Crippen LogP contribution is -1.93. The third-order valence-corrected chi connectivity index (χ3v) is 8.16. The molecule has 5 aromatic carbocycles. The normalized spacial score (nSPS) is 11.2. The summed E-state index contributed by atoms with van der Waals surface area (Å²) in [6.07, 6.45) is 3.78. The number of fused-ring (bicyclic) bond motifs is 3. The molecule has 0 aliphatic carbocycles.